The van der Waals surface area contributed by atoms with Gasteiger partial charge in [-0.2, -0.15) is 0 Å². The van der Waals surface area contributed by atoms with Crippen molar-refractivity contribution >= 4 is 22.4 Å². The van der Waals surface area contributed by atoms with E-state index in [1.165, 1.54) is 37.5 Å². The van der Waals surface area contributed by atoms with Crippen molar-refractivity contribution in [2.45, 2.75) is 44.8 Å². The number of carbonyl (C=O) groups excluding carboxylic acids is 1. The number of carbonyl (C=O) groups is 1. The van der Waals surface area contributed by atoms with E-state index in [0.29, 0.717) is 11.2 Å². The minimum absolute atomic E-state index is 0.0582. The zero-order valence-corrected chi connectivity index (χ0v) is 12.0. The van der Waals surface area contributed by atoms with Gasteiger partial charge in [-0.25, -0.2) is 4.98 Å². The molecule has 2 aliphatic heterocycles. The summed E-state index contributed by atoms with van der Waals surface area (Å²) in [4.78, 5) is 17.9. The Balaban J connectivity index is 1.58. The van der Waals surface area contributed by atoms with Gasteiger partial charge in [0.25, 0.3) is 0 Å². The van der Waals surface area contributed by atoms with Crippen LogP contribution in [0.1, 0.15) is 31.9 Å². The quantitative estimate of drug-likeness (QED) is 0.879. The summed E-state index contributed by atoms with van der Waals surface area (Å²) in [5.74, 6) is -0.0582. The molecule has 2 aliphatic rings. The standard InChI is InChI=1S/C13H20N4OS/c1-9(18)14-13-16-12(8-19-13)7-17-5-4-10-2-3-11(6-17)15-10/h8,10-11,15H,2-7H2,1H3,(H,14,16,18). The molecule has 3 rings (SSSR count). The molecule has 2 bridgehead atoms. The summed E-state index contributed by atoms with van der Waals surface area (Å²) in [6.45, 7) is 4.66. The molecular weight excluding hydrogens is 260 g/mol. The number of nitrogens with one attached hydrogen (secondary N) is 2. The Morgan fingerprint density at radius 2 is 2.37 bits per heavy atom. The number of aromatic nitrogens is 1. The Morgan fingerprint density at radius 1 is 1.53 bits per heavy atom. The van der Waals surface area contributed by atoms with E-state index in [1.807, 2.05) is 5.38 Å². The van der Waals surface area contributed by atoms with Gasteiger partial charge in [0.2, 0.25) is 5.91 Å². The largest absolute Gasteiger partial charge is 0.310 e. The van der Waals surface area contributed by atoms with E-state index < -0.39 is 0 Å². The number of hydrogen-bond donors (Lipinski definition) is 2. The highest BCUT2D eigenvalue weighted by Gasteiger charge is 2.29. The summed E-state index contributed by atoms with van der Waals surface area (Å²) >= 11 is 1.50. The van der Waals surface area contributed by atoms with Crippen molar-refractivity contribution in [2.75, 3.05) is 18.4 Å². The zero-order valence-electron chi connectivity index (χ0n) is 11.2. The van der Waals surface area contributed by atoms with Gasteiger partial charge in [0.05, 0.1) is 5.69 Å². The summed E-state index contributed by atoms with van der Waals surface area (Å²) in [6.07, 6.45) is 3.87. The topological polar surface area (TPSA) is 57.3 Å². The first-order valence-corrected chi connectivity index (χ1v) is 7.77. The molecule has 19 heavy (non-hydrogen) atoms. The predicted octanol–water partition coefficient (Wildman–Crippen LogP) is 1.43. The third-order valence-electron chi connectivity index (χ3n) is 3.83. The molecule has 2 fully saturated rings. The average molecular weight is 280 g/mol. The van der Waals surface area contributed by atoms with E-state index in [-0.39, 0.29) is 5.91 Å². The van der Waals surface area contributed by atoms with Gasteiger partial charge in [0.1, 0.15) is 0 Å². The summed E-state index contributed by atoms with van der Waals surface area (Å²) in [6, 6.07) is 1.38. The average Bonchev–Trinajstić information content (AvgIpc) is 2.88. The first kappa shape index (κ1) is 13.0. The van der Waals surface area contributed by atoms with Crippen LogP contribution >= 0.6 is 11.3 Å². The third kappa shape index (κ3) is 3.32. The van der Waals surface area contributed by atoms with Crippen molar-refractivity contribution in [3.05, 3.63) is 11.1 Å². The highest BCUT2D eigenvalue weighted by Crippen LogP contribution is 2.22. The number of rotatable bonds is 3. The second-order valence-corrected chi connectivity index (χ2v) is 6.34. The first-order chi connectivity index (χ1) is 9.19. The van der Waals surface area contributed by atoms with E-state index in [1.54, 1.807) is 0 Å². The molecule has 104 valence electrons. The van der Waals surface area contributed by atoms with Crippen LogP contribution in [0.5, 0.6) is 0 Å². The predicted molar refractivity (Wildman–Crippen MR) is 76.3 cm³/mol. The normalized spacial score (nSPS) is 27.2. The molecular formula is C13H20N4OS. The number of hydrogen-bond acceptors (Lipinski definition) is 5. The number of likely N-dealkylation sites (tertiary alicyclic amines) is 1. The first-order valence-electron chi connectivity index (χ1n) is 6.89. The fraction of sp³-hybridized carbons (Fsp3) is 0.692. The maximum atomic E-state index is 11.0. The van der Waals surface area contributed by atoms with Gasteiger partial charge in [-0.05, 0) is 19.3 Å². The molecule has 2 unspecified atom stereocenters. The highest BCUT2D eigenvalue weighted by molar-refractivity contribution is 7.13. The fourth-order valence-electron chi connectivity index (χ4n) is 2.98. The lowest BCUT2D eigenvalue weighted by atomic mass is 10.1. The number of fused-ring (bicyclic) bond motifs is 2. The zero-order chi connectivity index (χ0) is 13.2. The van der Waals surface area contributed by atoms with Crippen molar-refractivity contribution in [1.82, 2.24) is 15.2 Å². The maximum absolute atomic E-state index is 11.0. The molecule has 2 N–H and O–H groups in total. The van der Waals surface area contributed by atoms with E-state index in [0.717, 1.165) is 31.4 Å². The van der Waals surface area contributed by atoms with Gasteiger partial charge in [-0.15, -0.1) is 11.3 Å². The molecule has 1 amide bonds. The number of amides is 1. The van der Waals surface area contributed by atoms with Crippen LogP contribution in [0.2, 0.25) is 0 Å². The molecule has 0 aliphatic carbocycles. The summed E-state index contributed by atoms with van der Waals surface area (Å²) in [5.41, 5.74) is 1.06. The number of thiazole rings is 1. The number of nitrogens with zero attached hydrogens (tertiary/aromatic N) is 2. The molecule has 0 radical (unpaired) electrons. The lowest BCUT2D eigenvalue weighted by Gasteiger charge is -2.22. The summed E-state index contributed by atoms with van der Waals surface area (Å²) in [7, 11) is 0. The summed E-state index contributed by atoms with van der Waals surface area (Å²) < 4.78 is 0. The maximum Gasteiger partial charge on any atom is 0.223 e. The Kier molecular flexibility index (Phi) is 3.81. The second-order valence-electron chi connectivity index (χ2n) is 5.49. The van der Waals surface area contributed by atoms with Crippen LogP contribution in [0.4, 0.5) is 5.13 Å². The van der Waals surface area contributed by atoms with E-state index in [9.17, 15) is 4.79 Å². The molecule has 0 spiro atoms. The molecule has 1 aromatic rings. The van der Waals surface area contributed by atoms with Crippen LogP contribution in [0.15, 0.2) is 5.38 Å². The van der Waals surface area contributed by atoms with Crippen molar-refractivity contribution < 1.29 is 4.79 Å². The van der Waals surface area contributed by atoms with Crippen LogP contribution < -0.4 is 10.6 Å². The van der Waals surface area contributed by atoms with E-state index >= 15 is 0 Å². The van der Waals surface area contributed by atoms with Gasteiger partial charge < -0.3 is 10.6 Å². The Morgan fingerprint density at radius 3 is 3.21 bits per heavy atom. The smallest absolute Gasteiger partial charge is 0.223 e. The van der Waals surface area contributed by atoms with Gasteiger partial charge in [0.15, 0.2) is 5.13 Å². The molecule has 6 heteroatoms. The van der Waals surface area contributed by atoms with Gasteiger partial charge in [0, 0.05) is 44.0 Å². The van der Waals surface area contributed by atoms with Gasteiger partial charge >= 0.3 is 0 Å². The van der Waals surface area contributed by atoms with Crippen LogP contribution in [0, 0.1) is 0 Å². The van der Waals surface area contributed by atoms with Crippen molar-refractivity contribution in [2.24, 2.45) is 0 Å². The van der Waals surface area contributed by atoms with Crippen LogP contribution in [-0.4, -0.2) is 41.0 Å². The Labute approximate surface area is 117 Å². The lowest BCUT2D eigenvalue weighted by molar-refractivity contribution is -0.114. The van der Waals surface area contributed by atoms with Crippen molar-refractivity contribution in [3.8, 4) is 0 Å². The third-order valence-corrected chi connectivity index (χ3v) is 4.63. The minimum atomic E-state index is -0.0582. The molecule has 3 heterocycles. The van der Waals surface area contributed by atoms with Crippen LogP contribution in [0.3, 0.4) is 0 Å². The number of anilines is 1. The molecule has 1 aromatic heterocycles. The SMILES string of the molecule is CC(=O)Nc1nc(CN2CCC3CCC(C2)N3)cs1. The van der Waals surface area contributed by atoms with Crippen LogP contribution in [0.25, 0.3) is 0 Å². The molecule has 2 atom stereocenters. The summed E-state index contributed by atoms with van der Waals surface area (Å²) in [5, 5.41) is 9.17. The molecule has 2 saturated heterocycles. The molecule has 5 nitrogen and oxygen atoms in total. The minimum Gasteiger partial charge on any atom is -0.310 e. The molecule has 0 aromatic carbocycles. The van der Waals surface area contributed by atoms with Crippen molar-refractivity contribution in [3.63, 3.8) is 0 Å². The van der Waals surface area contributed by atoms with Gasteiger partial charge in [-0.1, -0.05) is 0 Å². The lowest BCUT2D eigenvalue weighted by Crippen LogP contribution is -2.35. The monoisotopic (exact) mass is 280 g/mol. The van der Waals surface area contributed by atoms with Crippen molar-refractivity contribution in [1.29, 1.82) is 0 Å². The molecule has 0 saturated carbocycles. The van der Waals surface area contributed by atoms with E-state index in [4.69, 9.17) is 0 Å². The van der Waals surface area contributed by atoms with Gasteiger partial charge in [-0.3, -0.25) is 9.69 Å². The van der Waals surface area contributed by atoms with Crippen LogP contribution in [-0.2, 0) is 11.3 Å². The second kappa shape index (κ2) is 5.56. The highest BCUT2D eigenvalue weighted by atomic mass is 32.1. The Hall–Kier alpha value is -0.980. The fourth-order valence-corrected chi connectivity index (χ4v) is 3.72. The van der Waals surface area contributed by atoms with E-state index in [2.05, 4.69) is 20.5 Å². The Bertz CT molecular complexity index is 461.